The summed E-state index contributed by atoms with van der Waals surface area (Å²) in [5, 5.41) is 15.1. The van der Waals surface area contributed by atoms with Gasteiger partial charge in [-0.3, -0.25) is 4.79 Å². The molecule has 4 heterocycles. The summed E-state index contributed by atoms with van der Waals surface area (Å²) >= 11 is 0. The first-order chi connectivity index (χ1) is 17.0. The summed E-state index contributed by atoms with van der Waals surface area (Å²) in [7, 11) is 0. The summed E-state index contributed by atoms with van der Waals surface area (Å²) in [6, 6.07) is 18.3. The second kappa shape index (κ2) is 10.4. The third kappa shape index (κ3) is 5.57. The standard InChI is InChI=1S/C28H31N5O2/c1-20-11-14-30-33(20)26-6-2-4-23(16-26)24(17-27(34)35)19-32-15-12-21(18-32)7-9-25-10-8-22-5-3-13-29-28(22)31-25/h2-6,8,10-11,13-14,16,21,24H,7,9,12,15,17-19H2,1H3,(H,34,35)/t21-,24?/m1/s1. The zero-order valence-electron chi connectivity index (χ0n) is 20.0. The van der Waals surface area contributed by atoms with E-state index in [4.69, 9.17) is 4.98 Å². The molecule has 1 saturated heterocycles. The number of nitrogens with zero attached hydrogens (tertiary/aromatic N) is 5. The summed E-state index contributed by atoms with van der Waals surface area (Å²) in [5.41, 5.74) is 4.97. The number of carboxylic acid groups (broad SMARTS) is 1. The predicted octanol–water partition coefficient (Wildman–Crippen LogP) is 4.64. The maximum atomic E-state index is 11.7. The van der Waals surface area contributed by atoms with E-state index in [2.05, 4.69) is 33.2 Å². The third-order valence-corrected chi connectivity index (χ3v) is 7.02. The molecule has 180 valence electrons. The van der Waals surface area contributed by atoms with E-state index >= 15 is 0 Å². The number of rotatable bonds is 9. The minimum absolute atomic E-state index is 0.0599. The van der Waals surface area contributed by atoms with Crippen molar-refractivity contribution < 1.29 is 9.90 Å². The van der Waals surface area contributed by atoms with E-state index in [0.717, 1.165) is 72.6 Å². The first kappa shape index (κ1) is 23.2. The fourth-order valence-corrected chi connectivity index (χ4v) is 5.16. The largest absolute Gasteiger partial charge is 0.481 e. The Balaban J connectivity index is 1.22. The Bertz CT molecular complexity index is 1320. The van der Waals surface area contributed by atoms with Crippen molar-refractivity contribution in [3.63, 3.8) is 0 Å². The average Bonchev–Trinajstić information content (AvgIpc) is 3.50. The van der Waals surface area contributed by atoms with Crippen molar-refractivity contribution in [3.05, 3.63) is 83.9 Å². The number of likely N-dealkylation sites (tertiary alicyclic amines) is 1. The molecule has 2 atom stereocenters. The van der Waals surface area contributed by atoms with E-state index in [-0.39, 0.29) is 12.3 Å². The lowest BCUT2D eigenvalue weighted by Gasteiger charge is -2.24. The van der Waals surface area contributed by atoms with Gasteiger partial charge in [-0.05, 0) is 86.7 Å². The van der Waals surface area contributed by atoms with Crippen LogP contribution in [-0.4, -0.2) is 55.4 Å². The number of carboxylic acids is 1. The van der Waals surface area contributed by atoms with Crippen LogP contribution in [0.1, 0.15) is 42.1 Å². The van der Waals surface area contributed by atoms with Crippen LogP contribution in [0.15, 0.2) is 67.0 Å². The molecule has 4 aromatic rings. The van der Waals surface area contributed by atoms with Gasteiger partial charge in [0.15, 0.2) is 5.65 Å². The van der Waals surface area contributed by atoms with Crippen LogP contribution in [0.2, 0.25) is 0 Å². The SMILES string of the molecule is Cc1ccnn1-c1cccc(C(CC(=O)O)CN2CC[C@@H](CCc3ccc4cccnc4n3)C2)c1. The monoisotopic (exact) mass is 469 g/mol. The minimum atomic E-state index is -0.762. The zero-order chi connectivity index (χ0) is 24.2. The number of hydrogen-bond acceptors (Lipinski definition) is 5. The highest BCUT2D eigenvalue weighted by molar-refractivity contribution is 5.74. The number of aromatic nitrogens is 4. The first-order valence-electron chi connectivity index (χ1n) is 12.3. The van der Waals surface area contributed by atoms with Crippen LogP contribution in [0.4, 0.5) is 0 Å². The van der Waals surface area contributed by atoms with E-state index in [1.165, 1.54) is 0 Å². The number of aryl methyl sites for hydroxylation is 2. The highest BCUT2D eigenvalue weighted by atomic mass is 16.4. The summed E-state index contributed by atoms with van der Waals surface area (Å²) in [4.78, 5) is 23.2. The molecule has 7 nitrogen and oxygen atoms in total. The van der Waals surface area contributed by atoms with Crippen molar-refractivity contribution in [1.29, 1.82) is 0 Å². The Kier molecular flexibility index (Phi) is 6.86. The van der Waals surface area contributed by atoms with Crippen molar-refractivity contribution in [2.75, 3.05) is 19.6 Å². The number of hydrogen-bond donors (Lipinski definition) is 1. The number of pyridine rings is 2. The molecule has 0 spiro atoms. The van der Waals surface area contributed by atoms with Crippen LogP contribution in [0, 0.1) is 12.8 Å². The van der Waals surface area contributed by atoms with Crippen LogP contribution in [0.25, 0.3) is 16.7 Å². The lowest BCUT2D eigenvalue weighted by molar-refractivity contribution is -0.137. The Morgan fingerprint density at radius 3 is 2.89 bits per heavy atom. The second-order valence-electron chi connectivity index (χ2n) is 9.58. The molecule has 3 aromatic heterocycles. The van der Waals surface area contributed by atoms with Gasteiger partial charge in [0, 0.05) is 48.2 Å². The molecular formula is C28H31N5O2. The Hall–Kier alpha value is -3.58. The summed E-state index contributed by atoms with van der Waals surface area (Å²) in [6.07, 6.45) is 6.85. The van der Waals surface area contributed by atoms with Crippen LogP contribution < -0.4 is 0 Å². The van der Waals surface area contributed by atoms with Gasteiger partial charge in [0.05, 0.1) is 12.1 Å². The number of fused-ring (bicyclic) bond motifs is 1. The first-order valence-corrected chi connectivity index (χ1v) is 12.3. The molecule has 1 fully saturated rings. The average molecular weight is 470 g/mol. The van der Waals surface area contributed by atoms with Gasteiger partial charge in [-0.1, -0.05) is 12.1 Å². The van der Waals surface area contributed by atoms with Gasteiger partial charge < -0.3 is 10.0 Å². The number of aliphatic carboxylic acids is 1. The predicted molar refractivity (Wildman–Crippen MR) is 136 cm³/mol. The summed E-state index contributed by atoms with van der Waals surface area (Å²) in [6.45, 7) is 4.77. The van der Waals surface area contributed by atoms with Crippen LogP contribution in [0.5, 0.6) is 0 Å². The molecule has 1 aliphatic rings. The highest BCUT2D eigenvalue weighted by Crippen LogP contribution is 2.28. The van der Waals surface area contributed by atoms with Gasteiger partial charge in [0.1, 0.15) is 0 Å². The van der Waals surface area contributed by atoms with E-state index in [9.17, 15) is 9.90 Å². The molecule has 7 heteroatoms. The second-order valence-corrected chi connectivity index (χ2v) is 9.58. The van der Waals surface area contributed by atoms with Gasteiger partial charge in [0.25, 0.3) is 0 Å². The van der Waals surface area contributed by atoms with Gasteiger partial charge in [-0.2, -0.15) is 5.10 Å². The van der Waals surface area contributed by atoms with E-state index in [1.807, 2.05) is 48.0 Å². The Morgan fingerprint density at radius 1 is 1.14 bits per heavy atom. The molecule has 0 bridgehead atoms. The molecule has 0 radical (unpaired) electrons. The van der Waals surface area contributed by atoms with Crippen molar-refractivity contribution in [2.45, 2.75) is 38.5 Å². The zero-order valence-corrected chi connectivity index (χ0v) is 20.0. The van der Waals surface area contributed by atoms with Crippen molar-refractivity contribution in [1.82, 2.24) is 24.6 Å². The normalized spacial score (nSPS) is 17.1. The Morgan fingerprint density at radius 2 is 2.06 bits per heavy atom. The Labute approximate surface area is 205 Å². The van der Waals surface area contributed by atoms with Crippen LogP contribution in [-0.2, 0) is 11.2 Å². The molecule has 1 N–H and O–H groups in total. The number of carbonyl (C=O) groups is 1. The molecule has 0 aliphatic carbocycles. The molecule has 35 heavy (non-hydrogen) atoms. The van der Waals surface area contributed by atoms with Gasteiger partial charge in [0.2, 0.25) is 0 Å². The molecule has 1 aromatic carbocycles. The lowest BCUT2D eigenvalue weighted by atomic mass is 9.94. The molecule has 1 aliphatic heterocycles. The molecule has 5 rings (SSSR count). The molecule has 0 amide bonds. The highest BCUT2D eigenvalue weighted by Gasteiger charge is 2.26. The van der Waals surface area contributed by atoms with Gasteiger partial charge in [-0.25, -0.2) is 14.6 Å². The molecule has 0 saturated carbocycles. The van der Waals surface area contributed by atoms with Gasteiger partial charge >= 0.3 is 5.97 Å². The maximum Gasteiger partial charge on any atom is 0.304 e. The van der Waals surface area contributed by atoms with Crippen LogP contribution in [0.3, 0.4) is 0 Å². The molecule has 1 unspecified atom stereocenters. The smallest absolute Gasteiger partial charge is 0.304 e. The van der Waals surface area contributed by atoms with Crippen molar-refractivity contribution in [3.8, 4) is 5.69 Å². The topological polar surface area (TPSA) is 84.1 Å². The number of benzene rings is 1. The van der Waals surface area contributed by atoms with Crippen molar-refractivity contribution >= 4 is 17.0 Å². The molecular weight excluding hydrogens is 438 g/mol. The lowest BCUT2D eigenvalue weighted by Crippen LogP contribution is -2.28. The van der Waals surface area contributed by atoms with E-state index in [1.54, 1.807) is 12.4 Å². The maximum absolute atomic E-state index is 11.7. The fourth-order valence-electron chi connectivity index (χ4n) is 5.16. The van der Waals surface area contributed by atoms with Crippen LogP contribution >= 0.6 is 0 Å². The van der Waals surface area contributed by atoms with E-state index in [0.29, 0.717) is 5.92 Å². The summed E-state index contributed by atoms with van der Waals surface area (Å²) in [5.74, 6) is -0.225. The third-order valence-electron chi connectivity index (χ3n) is 7.02. The fraction of sp³-hybridized carbons (Fsp3) is 0.357. The van der Waals surface area contributed by atoms with E-state index < -0.39 is 5.97 Å². The minimum Gasteiger partial charge on any atom is -0.481 e. The quantitative estimate of drug-likeness (QED) is 0.385. The summed E-state index contributed by atoms with van der Waals surface area (Å²) < 4.78 is 1.89. The van der Waals surface area contributed by atoms with Crippen molar-refractivity contribution in [2.24, 2.45) is 5.92 Å². The van der Waals surface area contributed by atoms with Gasteiger partial charge in [-0.15, -0.1) is 0 Å².